The third-order valence-corrected chi connectivity index (χ3v) is 5.34. The molecule has 0 fully saturated rings. The Hall–Kier alpha value is -1.25. The van der Waals surface area contributed by atoms with Gasteiger partial charge in [0, 0.05) is 29.8 Å². The standard InChI is InChI=1S/C13H15BrFN3O2S/c1-3-12-9(8-18(2)17-12)7-16-21(19,20)13-5-4-10(15)6-11(13)14/h4-6,8,16H,3,7H2,1-2H3. The van der Waals surface area contributed by atoms with Crippen molar-refractivity contribution in [1.82, 2.24) is 14.5 Å². The predicted octanol–water partition coefficient (Wildman–Crippen LogP) is 2.36. The molecule has 0 unspecified atom stereocenters. The summed E-state index contributed by atoms with van der Waals surface area (Å²) in [6.07, 6.45) is 2.50. The van der Waals surface area contributed by atoms with E-state index >= 15 is 0 Å². The number of hydrogen-bond donors (Lipinski definition) is 1. The molecule has 1 aromatic carbocycles. The van der Waals surface area contributed by atoms with E-state index in [-0.39, 0.29) is 15.9 Å². The summed E-state index contributed by atoms with van der Waals surface area (Å²) < 4.78 is 41.9. The van der Waals surface area contributed by atoms with Gasteiger partial charge in [0.1, 0.15) is 5.82 Å². The molecule has 1 N–H and O–H groups in total. The number of rotatable bonds is 5. The quantitative estimate of drug-likeness (QED) is 0.872. The summed E-state index contributed by atoms with van der Waals surface area (Å²) in [4.78, 5) is 0.00541. The van der Waals surface area contributed by atoms with Crippen LogP contribution in [0.25, 0.3) is 0 Å². The summed E-state index contributed by atoms with van der Waals surface area (Å²) in [6.45, 7) is 2.10. The Balaban J connectivity index is 2.21. The monoisotopic (exact) mass is 375 g/mol. The average molecular weight is 376 g/mol. The molecule has 114 valence electrons. The van der Waals surface area contributed by atoms with E-state index in [0.717, 1.165) is 29.8 Å². The van der Waals surface area contributed by atoms with Crippen molar-refractivity contribution in [2.45, 2.75) is 24.8 Å². The van der Waals surface area contributed by atoms with Crippen LogP contribution in [-0.2, 0) is 30.0 Å². The summed E-state index contributed by atoms with van der Waals surface area (Å²) in [6, 6.07) is 3.46. The van der Waals surface area contributed by atoms with Crippen LogP contribution >= 0.6 is 15.9 Å². The van der Waals surface area contributed by atoms with Gasteiger partial charge in [0.05, 0.1) is 10.6 Å². The Kier molecular flexibility index (Phi) is 4.80. The molecule has 1 aromatic heterocycles. The minimum atomic E-state index is -3.72. The van der Waals surface area contributed by atoms with Gasteiger partial charge < -0.3 is 0 Å². The zero-order valence-electron chi connectivity index (χ0n) is 11.6. The first-order valence-electron chi connectivity index (χ1n) is 6.29. The van der Waals surface area contributed by atoms with Crippen molar-refractivity contribution in [2.24, 2.45) is 7.05 Å². The number of sulfonamides is 1. The molecule has 0 spiro atoms. The molecule has 0 bridgehead atoms. The van der Waals surface area contributed by atoms with E-state index in [0.29, 0.717) is 0 Å². The van der Waals surface area contributed by atoms with Gasteiger partial charge in [-0.1, -0.05) is 6.92 Å². The molecule has 0 radical (unpaired) electrons. The molecule has 8 heteroatoms. The maximum absolute atomic E-state index is 13.0. The van der Waals surface area contributed by atoms with Crippen LogP contribution in [0.5, 0.6) is 0 Å². The van der Waals surface area contributed by atoms with Crippen LogP contribution < -0.4 is 4.72 Å². The van der Waals surface area contributed by atoms with Crippen LogP contribution in [0.15, 0.2) is 33.8 Å². The molecule has 0 aliphatic rings. The summed E-state index contributed by atoms with van der Waals surface area (Å²) in [5, 5.41) is 4.25. The van der Waals surface area contributed by atoms with Gasteiger partial charge in [0.2, 0.25) is 10.0 Å². The second-order valence-corrected chi connectivity index (χ2v) is 7.12. The lowest BCUT2D eigenvalue weighted by molar-refractivity contribution is 0.579. The molecule has 0 amide bonds. The normalized spacial score (nSPS) is 11.8. The zero-order chi connectivity index (χ0) is 15.6. The minimum Gasteiger partial charge on any atom is -0.275 e. The van der Waals surface area contributed by atoms with E-state index in [4.69, 9.17) is 0 Å². The fourth-order valence-electron chi connectivity index (χ4n) is 1.97. The number of nitrogens with zero attached hydrogens (tertiary/aromatic N) is 2. The summed E-state index contributed by atoms with van der Waals surface area (Å²) >= 11 is 3.07. The molecule has 0 aliphatic carbocycles. The van der Waals surface area contributed by atoms with Gasteiger partial charge in [-0.15, -0.1) is 0 Å². The molecular formula is C13H15BrFN3O2S. The highest BCUT2D eigenvalue weighted by Crippen LogP contribution is 2.23. The average Bonchev–Trinajstić information content (AvgIpc) is 2.76. The van der Waals surface area contributed by atoms with Gasteiger partial charge >= 0.3 is 0 Å². The number of hydrogen-bond acceptors (Lipinski definition) is 3. The minimum absolute atomic E-state index is 0.00541. The van der Waals surface area contributed by atoms with Crippen molar-refractivity contribution in [2.75, 3.05) is 0 Å². The molecule has 0 saturated heterocycles. The maximum Gasteiger partial charge on any atom is 0.241 e. The van der Waals surface area contributed by atoms with Crippen LogP contribution in [0.1, 0.15) is 18.2 Å². The van der Waals surface area contributed by atoms with E-state index in [1.807, 2.05) is 6.92 Å². The van der Waals surface area contributed by atoms with Gasteiger partial charge in [-0.25, -0.2) is 17.5 Å². The van der Waals surface area contributed by atoms with Crippen LogP contribution in [0, 0.1) is 5.82 Å². The lowest BCUT2D eigenvalue weighted by atomic mass is 10.2. The molecule has 0 saturated carbocycles. The van der Waals surface area contributed by atoms with Crippen molar-refractivity contribution in [3.8, 4) is 0 Å². The fourth-order valence-corrected chi connectivity index (χ4v) is 4.03. The highest BCUT2D eigenvalue weighted by Gasteiger charge is 2.18. The second-order valence-electron chi connectivity index (χ2n) is 4.53. The highest BCUT2D eigenvalue weighted by atomic mass is 79.9. The van der Waals surface area contributed by atoms with Crippen molar-refractivity contribution >= 4 is 26.0 Å². The van der Waals surface area contributed by atoms with Crippen LogP contribution in [0.4, 0.5) is 4.39 Å². The van der Waals surface area contributed by atoms with E-state index < -0.39 is 15.8 Å². The number of aromatic nitrogens is 2. The molecular weight excluding hydrogens is 361 g/mol. The van der Waals surface area contributed by atoms with E-state index in [1.165, 1.54) is 6.07 Å². The third kappa shape index (κ3) is 3.69. The third-order valence-electron chi connectivity index (χ3n) is 2.96. The first-order chi connectivity index (χ1) is 9.83. The van der Waals surface area contributed by atoms with Crippen molar-refractivity contribution in [3.05, 3.63) is 45.9 Å². The van der Waals surface area contributed by atoms with Crippen molar-refractivity contribution in [1.29, 1.82) is 0 Å². The van der Waals surface area contributed by atoms with Crippen LogP contribution in [0.3, 0.4) is 0 Å². The Morgan fingerprint density at radius 1 is 1.43 bits per heavy atom. The molecule has 21 heavy (non-hydrogen) atoms. The topological polar surface area (TPSA) is 64.0 Å². The first-order valence-corrected chi connectivity index (χ1v) is 8.57. The van der Waals surface area contributed by atoms with Gasteiger partial charge in [-0.3, -0.25) is 4.68 Å². The SMILES string of the molecule is CCc1nn(C)cc1CNS(=O)(=O)c1ccc(F)cc1Br. The Bertz CT molecular complexity index is 759. The van der Waals surface area contributed by atoms with Crippen LogP contribution in [0.2, 0.25) is 0 Å². The Morgan fingerprint density at radius 3 is 2.76 bits per heavy atom. The lowest BCUT2D eigenvalue weighted by Gasteiger charge is -2.08. The summed E-state index contributed by atoms with van der Waals surface area (Å²) in [5.41, 5.74) is 1.67. The Morgan fingerprint density at radius 2 is 2.14 bits per heavy atom. The molecule has 0 aliphatic heterocycles. The van der Waals surface area contributed by atoms with Gasteiger partial charge in [-0.05, 0) is 40.5 Å². The molecule has 2 rings (SSSR count). The molecule has 0 atom stereocenters. The molecule has 2 aromatic rings. The summed E-state index contributed by atoms with van der Waals surface area (Å²) in [5.74, 6) is -0.499. The second kappa shape index (κ2) is 6.25. The maximum atomic E-state index is 13.0. The van der Waals surface area contributed by atoms with E-state index in [2.05, 4.69) is 25.8 Å². The van der Waals surface area contributed by atoms with Gasteiger partial charge in [0.25, 0.3) is 0 Å². The van der Waals surface area contributed by atoms with Crippen LogP contribution in [-0.4, -0.2) is 18.2 Å². The van der Waals surface area contributed by atoms with Gasteiger partial charge in [-0.2, -0.15) is 5.10 Å². The number of halogens is 2. The predicted molar refractivity (Wildman–Crippen MR) is 80.7 cm³/mol. The molecule has 1 heterocycles. The zero-order valence-corrected chi connectivity index (χ0v) is 14.0. The summed E-state index contributed by atoms with van der Waals surface area (Å²) in [7, 11) is -1.94. The van der Waals surface area contributed by atoms with Gasteiger partial charge in [0.15, 0.2) is 0 Å². The number of nitrogens with one attached hydrogen (secondary N) is 1. The number of aryl methyl sites for hydroxylation is 2. The number of benzene rings is 1. The highest BCUT2D eigenvalue weighted by molar-refractivity contribution is 9.10. The smallest absolute Gasteiger partial charge is 0.241 e. The first kappa shape index (κ1) is 16.1. The van der Waals surface area contributed by atoms with Crippen molar-refractivity contribution < 1.29 is 12.8 Å². The molecule has 5 nitrogen and oxygen atoms in total. The van der Waals surface area contributed by atoms with E-state index in [9.17, 15) is 12.8 Å². The largest absolute Gasteiger partial charge is 0.275 e. The van der Waals surface area contributed by atoms with E-state index in [1.54, 1.807) is 17.9 Å². The van der Waals surface area contributed by atoms with Crippen molar-refractivity contribution in [3.63, 3.8) is 0 Å². The lowest BCUT2D eigenvalue weighted by Crippen LogP contribution is -2.24. The fraction of sp³-hybridized carbons (Fsp3) is 0.308. The Labute approximate surface area is 131 Å².